The van der Waals surface area contributed by atoms with Crippen LogP contribution in [0.1, 0.15) is 17.5 Å². The number of hydrogen-bond donors (Lipinski definition) is 0. The largest absolute Gasteiger partial charge is 0.461 e. The van der Waals surface area contributed by atoms with Crippen molar-refractivity contribution >= 4 is 38.4 Å². The lowest BCUT2D eigenvalue weighted by molar-refractivity contribution is -0.145. The van der Waals surface area contributed by atoms with E-state index < -0.39 is 21.4 Å². The van der Waals surface area contributed by atoms with Crippen LogP contribution in [0.3, 0.4) is 0 Å². The van der Waals surface area contributed by atoms with Crippen molar-refractivity contribution < 1.29 is 22.4 Å². The molecule has 2 heterocycles. The van der Waals surface area contributed by atoms with Gasteiger partial charge in [-0.25, -0.2) is 13.2 Å². The fraction of sp³-hybridized carbons (Fsp3) is 0.294. The number of halogens is 1. The number of benzene rings is 1. The zero-order valence-electron chi connectivity index (χ0n) is 13.3. The van der Waals surface area contributed by atoms with Crippen LogP contribution in [0.4, 0.5) is 0 Å². The molecule has 0 saturated heterocycles. The van der Waals surface area contributed by atoms with Gasteiger partial charge in [0.15, 0.2) is 9.84 Å². The molecule has 6 nitrogen and oxygen atoms in total. The Balaban J connectivity index is 1.75. The number of carbonyl (C=O) groups is 1. The maximum Gasteiger partial charge on any atom is 0.336 e. The molecule has 0 N–H and O–H groups in total. The van der Waals surface area contributed by atoms with Gasteiger partial charge in [0.2, 0.25) is 0 Å². The summed E-state index contributed by atoms with van der Waals surface area (Å²) in [6.45, 7) is 1.67. The maximum absolute atomic E-state index is 11.9. The Bertz CT molecular complexity index is 1040. The Labute approximate surface area is 149 Å². The Morgan fingerprint density at radius 1 is 1.36 bits per heavy atom. The fourth-order valence-electron chi connectivity index (χ4n) is 2.67. The summed E-state index contributed by atoms with van der Waals surface area (Å²) >= 11 is 6.11. The highest BCUT2D eigenvalue weighted by Crippen LogP contribution is 2.26. The van der Waals surface area contributed by atoms with Crippen LogP contribution in [0.5, 0.6) is 0 Å². The van der Waals surface area contributed by atoms with Gasteiger partial charge in [-0.05, 0) is 24.6 Å². The Morgan fingerprint density at radius 2 is 2.12 bits per heavy atom. The molecule has 0 aliphatic carbocycles. The summed E-state index contributed by atoms with van der Waals surface area (Å²) < 4.78 is 33.0. The van der Waals surface area contributed by atoms with Crippen LogP contribution in [0, 0.1) is 12.8 Å². The summed E-state index contributed by atoms with van der Waals surface area (Å²) in [6, 6.07) is 4.56. The van der Waals surface area contributed by atoms with Gasteiger partial charge in [0.1, 0.15) is 12.2 Å². The molecule has 1 atom stereocenters. The molecule has 1 aromatic heterocycles. The van der Waals surface area contributed by atoms with E-state index in [1.807, 2.05) is 0 Å². The fourth-order valence-corrected chi connectivity index (χ4v) is 4.23. The summed E-state index contributed by atoms with van der Waals surface area (Å²) in [5.74, 6) is -1.01. The summed E-state index contributed by atoms with van der Waals surface area (Å²) in [6.07, 6.45) is 1.46. The number of ether oxygens (including phenoxy) is 1. The lowest BCUT2D eigenvalue weighted by Crippen LogP contribution is -2.14. The van der Waals surface area contributed by atoms with Crippen molar-refractivity contribution in [2.75, 3.05) is 5.75 Å². The third-order valence-corrected chi connectivity index (χ3v) is 5.80. The van der Waals surface area contributed by atoms with E-state index in [1.165, 1.54) is 12.1 Å². The van der Waals surface area contributed by atoms with Crippen LogP contribution in [-0.4, -0.2) is 20.1 Å². The molecule has 8 heteroatoms. The molecule has 3 rings (SSSR count). The lowest BCUT2D eigenvalue weighted by atomic mass is 10.1. The van der Waals surface area contributed by atoms with Gasteiger partial charge in [-0.15, -0.1) is 0 Å². The molecular formula is C17H15ClO6S. The van der Waals surface area contributed by atoms with Gasteiger partial charge in [-0.3, -0.25) is 4.79 Å². The van der Waals surface area contributed by atoms with Crippen molar-refractivity contribution in [1.82, 2.24) is 0 Å². The standard InChI is InChI=1S/C17H15ClO6S/c1-10-4-15-13(7-14(10)18)12(6-17(20)24-15)8-23-16(19)5-11-2-3-25(21,22)9-11/h2-4,6-7,11H,5,8-9H2,1H3. The molecule has 0 fully saturated rings. The third kappa shape index (κ3) is 4.11. The smallest absolute Gasteiger partial charge is 0.336 e. The zero-order valence-corrected chi connectivity index (χ0v) is 14.9. The number of allylic oxidation sites excluding steroid dienone is 1. The van der Waals surface area contributed by atoms with Crippen molar-refractivity contribution in [2.45, 2.75) is 20.0 Å². The molecule has 0 amide bonds. The highest BCUT2D eigenvalue weighted by molar-refractivity contribution is 7.94. The van der Waals surface area contributed by atoms with E-state index in [2.05, 4.69) is 0 Å². The van der Waals surface area contributed by atoms with Crippen LogP contribution >= 0.6 is 11.6 Å². The predicted molar refractivity (Wildman–Crippen MR) is 93.1 cm³/mol. The van der Waals surface area contributed by atoms with E-state index in [0.717, 1.165) is 11.0 Å². The van der Waals surface area contributed by atoms with Gasteiger partial charge in [0.05, 0.1) is 12.2 Å². The summed E-state index contributed by atoms with van der Waals surface area (Å²) in [7, 11) is -3.21. The van der Waals surface area contributed by atoms with Gasteiger partial charge in [-0.2, -0.15) is 0 Å². The Morgan fingerprint density at radius 3 is 2.80 bits per heavy atom. The quantitative estimate of drug-likeness (QED) is 0.596. The SMILES string of the molecule is Cc1cc2oc(=O)cc(COC(=O)CC3C=CS(=O)(=O)C3)c2cc1Cl. The normalized spacial score (nSPS) is 18.6. The van der Waals surface area contributed by atoms with E-state index in [1.54, 1.807) is 19.1 Å². The third-order valence-electron chi connectivity index (χ3n) is 3.93. The molecule has 0 radical (unpaired) electrons. The van der Waals surface area contributed by atoms with Crippen molar-refractivity contribution in [1.29, 1.82) is 0 Å². The molecule has 1 unspecified atom stereocenters. The molecule has 25 heavy (non-hydrogen) atoms. The first-order valence-electron chi connectivity index (χ1n) is 7.53. The maximum atomic E-state index is 11.9. The highest BCUT2D eigenvalue weighted by atomic mass is 35.5. The molecule has 0 bridgehead atoms. The van der Waals surface area contributed by atoms with E-state index in [9.17, 15) is 18.0 Å². The van der Waals surface area contributed by atoms with Crippen LogP contribution in [0.2, 0.25) is 5.02 Å². The number of esters is 1. The monoisotopic (exact) mass is 382 g/mol. The highest BCUT2D eigenvalue weighted by Gasteiger charge is 2.24. The van der Waals surface area contributed by atoms with Gasteiger partial charge < -0.3 is 9.15 Å². The van der Waals surface area contributed by atoms with E-state index in [-0.39, 0.29) is 24.7 Å². The van der Waals surface area contributed by atoms with Gasteiger partial charge >= 0.3 is 11.6 Å². The van der Waals surface area contributed by atoms with Gasteiger partial charge in [-0.1, -0.05) is 17.7 Å². The molecule has 0 saturated carbocycles. The number of fused-ring (bicyclic) bond motifs is 1. The molecule has 1 aliphatic heterocycles. The summed E-state index contributed by atoms with van der Waals surface area (Å²) in [5, 5.41) is 2.21. The van der Waals surface area contributed by atoms with Crippen molar-refractivity contribution in [3.63, 3.8) is 0 Å². The van der Waals surface area contributed by atoms with E-state index in [4.69, 9.17) is 20.8 Å². The number of carbonyl (C=O) groups excluding carboxylic acids is 1. The average molecular weight is 383 g/mol. The molecule has 132 valence electrons. The van der Waals surface area contributed by atoms with Crippen LogP contribution < -0.4 is 5.63 Å². The molecule has 1 aliphatic rings. The molecular weight excluding hydrogens is 368 g/mol. The Hall–Kier alpha value is -2.12. The second-order valence-electron chi connectivity index (χ2n) is 5.97. The van der Waals surface area contributed by atoms with E-state index in [0.29, 0.717) is 21.6 Å². The lowest BCUT2D eigenvalue weighted by Gasteiger charge is -2.10. The number of rotatable bonds is 4. The second-order valence-corrected chi connectivity index (χ2v) is 8.31. The first-order valence-corrected chi connectivity index (χ1v) is 9.62. The minimum Gasteiger partial charge on any atom is -0.461 e. The number of hydrogen-bond acceptors (Lipinski definition) is 6. The molecule has 1 aromatic carbocycles. The van der Waals surface area contributed by atoms with Crippen LogP contribution in [0.25, 0.3) is 11.0 Å². The first kappa shape index (κ1) is 17.7. The summed E-state index contributed by atoms with van der Waals surface area (Å²) in [5.41, 5.74) is 1.06. The Kier molecular flexibility index (Phi) is 4.71. The topological polar surface area (TPSA) is 90.7 Å². The number of aryl methyl sites for hydroxylation is 1. The number of sulfone groups is 1. The minimum absolute atomic E-state index is 0.0328. The van der Waals surface area contributed by atoms with Gasteiger partial charge in [0.25, 0.3) is 0 Å². The van der Waals surface area contributed by atoms with Crippen molar-refractivity contribution in [3.8, 4) is 0 Å². The molecule has 2 aromatic rings. The average Bonchev–Trinajstić information content (AvgIpc) is 2.85. The predicted octanol–water partition coefficient (Wildman–Crippen LogP) is 2.75. The second kappa shape index (κ2) is 6.65. The summed E-state index contributed by atoms with van der Waals surface area (Å²) in [4.78, 5) is 23.6. The van der Waals surface area contributed by atoms with Crippen molar-refractivity contribution in [3.05, 3.63) is 56.3 Å². The van der Waals surface area contributed by atoms with E-state index >= 15 is 0 Å². The first-order chi connectivity index (χ1) is 11.7. The van der Waals surface area contributed by atoms with Gasteiger partial charge in [0, 0.05) is 33.4 Å². The minimum atomic E-state index is -3.21. The van der Waals surface area contributed by atoms with Crippen molar-refractivity contribution in [2.24, 2.45) is 5.92 Å². The van der Waals surface area contributed by atoms with Crippen LogP contribution in [0.15, 0.2) is 38.9 Å². The van der Waals surface area contributed by atoms with Crippen LogP contribution in [-0.2, 0) is 26.0 Å². The zero-order chi connectivity index (χ0) is 18.2. The molecule has 0 spiro atoms.